The zero-order valence-corrected chi connectivity index (χ0v) is 18.1. The predicted molar refractivity (Wildman–Crippen MR) is 122 cm³/mol. The first kappa shape index (κ1) is 22.0. The zero-order chi connectivity index (χ0) is 21.9. The summed E-state index contributed by atoms with van der Waals surface area (Å²) in [5.74, 6) is 3.51. The summed E-state index contributed by atoms with van der Waals surface area (Å²) in [5.41, 5.74) is 2.09. The third-order valence-corrected chi connectivity index (χ3v) is 4.46. The number of aromatic nitrogens is 1. The van der Waals surface area contributed by atoms with Gasteiger partial charge in [-0.3, -0.25) is 4.99 Å². The Hall–Kier alpha value is -3.74. The lowest BCUT2D eigenvalue weighted by atomic mass is 10.2. The maximum Gasteiger partial charge on any atom is 0.219 e. The van der Waals surface area contributed by atoms with E-state index in [4.69, 9.17) is 14.2 Å². The van der Waals surface area contributed by atoms with Gasteiger partial charge >= 0.3 is 0 Å². The molecule has 0 saturated heterocycles. The van der Waals surface area contributed by atoms with Crippen molar-refractivity contribution in [3.05, 3.63) is 78.0 Å². The van der Waals surface area contributed by atoms with E-state index in [1.165, 1.54) is 0 Å². The molecule has 3 aromatic rings. The highest BCUT2D eigenvalue weighted by Gasteiger charge is 2.05. The van der Waals surface area contributed by atoms with Gasteiger partial charge in [-0.05, 0) is 30.7 Å². The molecule has 0 bridgehead atoms. The number of aliphatic imine (C=N–C) groups is 1. The zero-order valence-electron chi connectivity index (χ0n) is 18.1. The van der Waals surface area contributed by atoms with Crippen LogP contribution >= 0.6 is 0 Å². The molecule has 0 fully saturated rings. The van der Waals surface area contributed by atoms with E-state index in [9.17, 15) is 0 Å². The lowest BCUT2D eigenvalue weighted by Gasteiger charge is -2.14. The van der Waals surface area contributed by atoms with E-state index < -0.39 is 0 Å². The van der Waals surface area contributed by atoms with E-state index in [0.29, 0.717) is 37.3 Å². The highest BCUT2D eigenvalue weighted by atomic mass is 16.5. The Labute approximate surface area is 183 Å². The highest BCUT2D eigenvalue weighted by molar-refractivity contribution is 5.79. The number of ether oxygens (including phenoxy) is 3. The second kappa shape index (κ2) is 11.4. The monoisotopic (exact) mass is 420 g/mol. The lowest BCUT2D eigenvalue weighted by Crippen LogP contribution is -2.36. The van der Waals surface area contributed by atoms with E-state index in [-0.39, 0.29) is 0 Å². The van der Waals surface area contributed by atoms with Gasteiger partial charge in [0.1, 0.15) is 17.2 Å². The largest absolute Gasteiger partial charge is 0.497 e. The van der Waals surface area contributed by atoms with Crippen molar-refractivity contribution < 1.29 is 14.2 Å². The number of guanidine groups is 1. The van der Waals surface area contributed by atoms with Crippen LogP contribution in [0, 0.1) is 0 Å². The van der Waals surface area contributed by atoms with Crippen molar-refractivity contribution in [2.75, 3.05) is 20.8 Å². The summed E-state index contributed by atoms with van der Waals surface area (Å²) in [6, 6.07) is 19.2. The van der Waals surface area contributed by atoms with Crippen molar-refractivity contribution in [3.63, 3.8) is 0 Å². The molecule has 1 aromatic heterocycles. The van der Waals surface area contributed by atoms with Crippen molar-refractivity contribution >= 4 is 5.96 Å². The van der Waals surface area contributed by atoms with Gasteiger partial charge in [0.25, 0.3) is 0 Å². The number of nitrogens with zero attached hydrogens (tertiary/aromatic N) is 2. The maximum absolute atomic E-state index is 5.78. The second-order valence-electron chi connectivity index (χ2n) is 6.61. The lowest BCUT2D eigenvalue weighted by molar-refractivity contribution is 0.336. The van der Waals surface area contributed by atoms with Gasteiger partial charge in [0.15, 0.2) is 5.96 Å². The van der Waals surface area contributed by atoms with Gasteiger partial charge in [-0.2, -0.15) is 0 Å². The molecule has 0 aliphatic carbocycles. The van der Waals surface area contributed by atoms with Crippen LogP contribution in [-0.2, 0) is 13.1 Å². The number of rotatable bonds is 9. The van der Waals surface area contributed by atoms with Crippen LogP contribution in [0.4, 0.5) is 0 Å². The number of benzene rings is 2. The molecule has 0 saturated carbocycles. The highest BCUT2D eigenvalue weighted by Crippen LogP contribution is 2.23. The van der Waals surface area contributed by atoms with Crippen LogP contribution < -0.4 is 24.8 Å². The van der Waals surface area contributed by atoms with Crippen molar-refractivity contribution in [3.8, 4) is 23.1 Å². The van der Waals surface area contributed by atoms with E-state index in [1.54, 1.807) is 20.4 Å². The van der Waals surface area contributed by atoms with Crippen LogP contribution in [0.2, 0.25) is 0 Å². The van der Waals surface area contributed by atoms with Crippen LogP contribution in [-0.4, -0.2) is 31.7 Å². The number of para-hydroxylation sites is 1. The molecule has 1 heterocycles. The smallest absolute Gasteiger partial charge is 0.219 e. The number of hydrogen-bond donors (Lipinski definition) is 2. The first-order chi connectivity index (χ1) is 15.2. The van der Waals surface area contributed by atoms with Gasteiger partial charge in [0.05, 0.1) is 13.7 Å². The van der Waals surface area contributed by atoms with E-state index in [0.717, 1.165) is 22.6 Å². The molecular formula is C24H28N4O3. The first-order valence-electron chi connectivity index (χ1n) is 10.1. The van der Waals surface area contributed by atoms with Crippen LogP contribution in [0.1, 0.15) is 18.1 Å². The molecule has 0 radical (unpaired) electrons. The average Bonchev–Trinajstić information content (AvgIpc) is 2.81. The molecular weight excluding hydrogens is 392 g/mol. The predicted octanol–water partition coefficient (Wildman–Crippen LogP) is 4.15. The summed E-state index contributed by atoms with van der Waals surface area (Å²) >= 11 is 0. The topological polar surface area (TPSA) is 77.0 Å². The van der Waals surface area contributed by atoms with E-state index in [2.05, 4.69) is 20.6 Å². The molecule has 0 spiro atoms. The summed E-state index contributed by atoms with van der Waals surface area (Å²) in [6.45, 7) is 3.81. The Morgan fingerprint density at radius 2 is 1.77 bits per heavy atom. The van der Waals surface area contributed by atoms with Gasteiger partial charge in [0, 0.05) is 44.0 Å². The molecule has 2 aromatic carbocycles. The van der Waals surface area contributed by atoms with Gasteiger partial charge in [-0.15, -0.1) is 0 Å². The van der Waals surface area contributed by atoms with Crippen LogP contribution in [0.5, 0.6) is 23.1 Å². The number of methoxy groups -OCH3 is 1. The average molecular weight is 421 g/mol. The van der Waals surface area contributed by atoms with Crippen LogP contribution in [0.3, 0.4) is 0 Å². The van der Waals surface area contributed by atoms with E-state index in [1.807, 2.05) is 67.6 Å². The Morgan fingerprint density at radius 1 is 0.968 bits per heavy atom. The number of nitrogens with one attached hydrogen (secondary N) is 2. The fraction of sp³-hybridized carbons (Fsp3) is 0.250. The molecule has 2 N–H and O–H groups in total. The fourth-order valence-corrected chi connectivity index (χ4v) is 2.89. The molecule has 0 unspecified atom stereocenters. The Bertz CT molecular complexity index is 990. The third kappa shape index (κ3) is 6.64. The molecule has 7 nitrogen and oxygen atoms in total. The quantitative estimate of drug-likeness (QED) is 0.400. The molecule has 0 amide bonds. The minimum Gasteiger partial charge on any atom is -0.497 e. The summed E-state index contributed by atoms with van der Waals surface area (Å²) in [7, 11) is 3.37. The normalized spacial score (nSPS) is 11.0. The minimum atomic E-state index is 0.520. The molecule has 3 rings (SSSR count). The minimum absolute atomic E-state index is 0.520. The van der Waals surface area contributed by atoms with Crippen molar-refractivity contribution in [2.24, 2.45) is 4.99 Å². The molecule has 0 aliphatic rings. The summed E-state index contributed by atoms with van der Waals surface area (Å²) in [5, 5.41) is 6.60. The SMILES string of the molecule is CCOc1ccccc1CNC(=NC)NCc1ccc(Oc2cccc(OC)c2)nc1. The molecule has 31 heavy (non-hydrogen) atoms. The molecule has 0 atom stereocenters. The molecule has 7 heteroatoms. The summed E-state index contributed by atoms with van der Waals surface area (Å²) < 4.78 is 16.7. The Kier molecular flexibility index (Phi) is 8.11. The summed E-state index contributed by atoms with van der Waals surface area (Å²) in [6.07, 6.45) is 1.78. The van der Waals surface area contributed by atoms with Crippen molar-refractivity contribution in [1.82, 2.24) is 15.6 Å². The first-order valence-corrected chi connectivity index (χ1v) is 10.1. The maximum atomic E-state index is 5.78. The van der Waals surface area contributed by atoms with Gasteiger partial charge in [0.2, 0.25) is 5.88 Å². The number of hydrogen-bond acceptors (Lipinski definition) is 5. The number of pyridine rings is 1. The standard InChI is InChI=1S/C24H28N4O3/c1-4-30-22-11-6-5-8-19(22)17-28-24(25-2)27-16-18-12-13-23(26-15-18)31-21-10-7-9-20(14-21)29-3/h5-15H,4,16-17H2,1-3H3,(H2,25,27,28). The van der Waals surface area contributed by atoms with Crippen LogP contribution in [0.15, 0.2) is 71.9 Å². The second-order valence-corrected chi connectivity index (χ2v) is 6.61. The molecule has 162 valence electrons. The van der Waals surface area contributed by atoms with Crippen molar-refractivity contribution in [1.29, 1.82) is 0 Å². The summed E-state index contributed by atoms with van der Waals surface area (Å²) in [4.78, 5) is 8.66. The van der Waals surface area contributed by atoms with Crippen molar-refractivity contribution in [2.45, 2.75) is 20.0 Å². The Balaban J connectivity index is 1.51. The fourth-order valence-electron chi connectivity index (χ4n) is 2.89. The Morgan fingerprint density at radius 3 is 2.52 bits per heavy atom. The van der Waals surface area contributed by atoms with Gasteiger partial charge in [-0.1, -0.05) is 30.3 Å². The molecule has 0 aliphatic heterocycles. The van der Waals surface area contributed by atoms with E-state index >= 15 is 0 Å². The van der Waals surface area contributed by atoms with Crippen LogP contribution in [0.25, 0.3) is 0 Å². The van der Waals surface area contributed by atoms with Gasteiger partial charge in [-0.25, -0.2) is 4.98 Å². The van der Waals surface area contributed by atoms with Gasteiger partial charge < -0.3 is 24.8 Å². The third-order valence-electron chi connectivity index (χ3n) is 4.46.